The van der Waals surface area contributed by atoms with Crippen LogP contribution in [0.4, 0.5) is 5.69 Å². The normalized spacial score (nSPS) is 10.6. The molecule has 0 atom stereocenters. The highest BCUT2D eigenvalue weighted by Gasteiger charge is 2.12. The number of nitrogens with zero attached hydrogens (tertiary/aromatic N) is 1. The van der Waals surface area contributed by atoms with Crippen molar-refractivity contribution in [1.29, 1.82) is 0 Å². The fourth-order valence-electron chi connectivity index (χ4n) is 2.08. The predicted octanol–water partition coefficient (Wildman–Crippen LogP) is 2.09. The second-order valence-electron chi connectivity index (χ2n) is 5.21. The summed E-state index contributed by atoms with van der Waals surface area (Å²) >= 11 is 0. The Bertz CT molecular complexity index is 848. The summed E-state index contributed by atoms with van der Waals surface area (Å²) in [5.74, 6) is 6.46. The van der Waals surface area contributed by atoms with Gasteiger partial charge in [-0.15, -0.1) is 0 Å². The third-order valence-electron chi connectivity index (χ3n) is 3.33. The first-order valence-electron chi connectivity index (χ1n) is 7.33. The van der Waals surface area contributed by atoms with E-state index in [4.69, 9.17) is 4.74 Å². The van der Waals surface area contributed by atoms with E-state index in [1.54, 1.807) is 12.1 Å². The maximum Gasteiger partial charge on any atom is 0.241 e. The minimum atomic E-state index is -3.58. The molecule has 126 valence electrons. The third-order valence-corrected chi connectivity index (χ3v) is 4.75. The minimum Gasteiger partial charge on any atom is -0.497 e. The topological polar surface area (TPSA) is 58.6 Å². The third kappa shape index (κ3) is 4.51. The van der Waals surface area contributed by atoms with E-state index in [2.05, 4.69) is 16.6 Å². The summed E-state index contributed by atoms with van der Waals surface area (Å²) < 4.78 is 31.9. The van der Waals surface area contributed by atoms with Gasteiger partial charge in [-0.3, -0.25) is 0 Å². The Hall–Kier alpha value is -2.49. The van der Waals surface area contributed by atoms with Crippen molar-refractivity contribution < 1.29 is 13.2 Å². The van der Waals surface area contributed by atoms with Crippen LogP contribution in [0.2, 0.25) is 0 Å². The number of hydrogen-bond acceptors (Lipinski definition) is 4. The second kappa shape index (κ2) is 7.86. The molecule has 2 aromatic carbocycles. The van der Waals surface area contributed by atoms with Gasteiger partial charge in [0.15, 0.2) is 0 Å². The van der Waals surface area contributed by atoms with Gasteiger partial charge < -0.3 is 9.64 Å². The summed E-state index contributed by atoms with van der Waals surface area (Å²) in [7, 11) is 1.82. The number of anilines is 1. The maximum absolute atomic E-state index is 12.2. The van der Waals surface area contributed by atoms with Crippen molar-refractivity contribution in [2.24, 2.45) is 0 Å². The van der Waals surface area contributed by atoms with Gasteiger partial charge in [0.05, 0.1) is 24.2 Å². The molecule has 24 heavy (non-hydrogen) atoms. The van der Waals surface area contributed by atoms with Crippen LogP contribution in [0, 0.1) is 11.8 Å². The van der Waals surface area contributed by atoms with E-state index >= 15 is 0 Å². The van der Waals surface area contributed by atoms with E-state index in [-0.39, 0.29) is 11.4 Å². The molecule has 0 heterocycles. The van der Waals surface area contributed by atoms with Crippen molar-refractivity contribution >= 4 is 15.7 Å². The van der Waals surface area contributed by atoms with Crippen LogP contribution >= 0.6 is 0 Å². The number of rotatable bonds is 5. The van der Waals surface area contributed by atoms with E-state index in [1.165, 1.54) is 19.2 Å². The van der Waals surface area contributed by atoms with Crippen LogP contribution in [0.25, 0.3) is 0 Å². The molecule has 0 aliphatic heterocycles. The fourth-order valence-corrected chi connectivity index (χ4v) is 3.00. The molecule has 5 nitrogen and oxygen atoms in total. The summed E-state index contributed by atoms with van der Waals surface area (Å²) in [5.41, 5.74) is 1.84. The van der Waals surface area contributed by atoms with Crippen molar-refractivity contribution in [3.05, 3.63) is 54.1 Å². The fraction of sp³-hybridized carbons (Fsp3) is 0.222. The number of benzene rings is 2. The molecule has 0 fully saturated rings. The average Bonchev–Trinajstić information content (AvgIpc) is 2.59. The standard InChI is InChI=1S/C18H20N2O3S/c1-20(2)18-9-5-4-7-15(18)8-6-14-19-24(21,22)17-12-10-16(23-3)11-13-17/h4-5,7,9-13,19H,14H2,1-3H3. The Morgan fingerprint density at radius 1 is 1.08 bits per heavy atom. The Labute approximate surface area is 143 Å². The van der Waals surface area contributed by atoms with Crippen LogP contribution in [-0.4, -0.2) is 36.2 Å². The lowest BCUT2D eigenvalue weighted by Gasteiger charge is -2.13. The SMILES string of the molecule is COc1ccc(S(=O)(=O)NCC#Cc2ccccc2N(C)C)cc1. The molecule has 2 aromatic rings. The lowest BCUT2D eigenvalue weighted by molar-refractivity contribution is 0.414. The Kier molecular flexibility index (Phi) is 5.85. The molecular formula is C18H20N2O3S. The summed E-state index contributed by atoms with van der Waals surface area (Å²) in [4.78, 5) is 2.14. The van der Waals surface area contributed by atoms with Gasteiger partial charge in [0.25, 0.3) is 0 Å². The van der Waals surface area contributed by atoms with E-state index in [1.807, 2.05) is 43.3 Å². The molecule has 0 saturated heterocycles. The van der Waals surface area contributed by atoms with E-state index in [0.29, 0.717) is 5.75 Å². The highest BCUT2D eigenvalue weighted by Crippen LogP contribution is 2.16. The van der Waals surface area contributed by atoms with Crippen molar-refractivity contribution in [2.45, 2.75) is 4.90 Å². The van der Waals surface area contributed by atoms with Crippen molar-refractivity contribution in [2.75, 3.05) is 32.6 Å². The summed E-state index contributed by atoms with van der Waals surface area (Å²) in [6, 6.07) is 13.9. The molecule has 0 bridgehead atoms. The van der Waals surface area contributed by atoms with Crippen LogP contribution in [0.5, 0.6) is 5.75 Å². The van der Waals surface area contributed by atoms with E-state index < -0.39 is 10.0 Å². The molecule has 0 aliphatic carbocycles. The first-order valence-corrected chi connectivity index (χ1v) is 8.81. The van der Waals surface area contributed by atoms with Gasteiger partial charge in [0.2, 0.25) is 10.0 Å². The Balaban J connectivity index is 2.06. The number of sulfonamides is 1. The van der Waals surface area contributed by atoms with Crippen LogP contribution in [0.15, 0.2) is 53.4 Å². The summed E-state index contributed by atoms with van der Waals surface area (Å²) in [6.45, 7) is 0.0378. The highest BCUT2D eigenvalue weighted by molar-refractivity contribution is 7.89. The Morgan fingerprint density at radius 2 is 1.75 bits per heavy atom. The second-order valence-corrected chi connectivity index (χ2v) is 6.98. The quantitative estimate of drug-likeness (QED) is 0.844. The van der Waals surface area contributed by atoms with Gasteiger partial charge in [-0.25, -0.2) is 8.42 Å². The number of hydrogen-bond donors (Lipinski definition) is 1. The minimum absolute atomic E-state index is 0.0378. The zero-order valence-corrected chi connectivity index (χ0v) is 14.7. The molecule has 0 saturated carbocycles. The zero-order valence-electron chi connectivity index (χ0n) is 13.9. The first kappa shape index (κ1) is 17.9. The average molecular weight is 344 g/mol. The van der Waals surface area contributed by atoms with Gasteiger partial charge >= 0.3 is 0 Å². The van der Waals surface area contributed by atoms with Crippen LogP contribution in [0.3, 0.4) is 0 Å². The van der Waals surface area contributed by atoms with Crippen molar-refractivity contribution in [3.8, 4) is 17.6 Å². The molecule has 6 heteroatoms. The molecule has 0 aliphatic rings. The molecule has 0 amide bonds. The molecule has 0 spiro atoms. The summed E-state index contributed by atoms with van der Waals surface area (Å²) in [5, 5.41) is 0. The maximum atomic E-state index is 12.2. The van der Waals surface area contributed by atoms with Gasteiger partial charge in [-0.05, 0) is 36.4 Å². The van der Waals surface area contributed by atoms with Crippen molar-refractivity contribution in [1.82, 2.24) is 4.72 Å². The Morgan fingerprint density at radius 3 is 2.38 bits per heavy atom. The molecule has 1 N–H and O–H groups in total. The van der Waals surface area contributed by atoms with Gasteiger partial charge in [0.1, 0.15) is 5.75 Å². The molecule has 0 unspecified atom stereocenters. The van der Waals surface area contributed by atoms with Gasteiger partial charge in [-0.1, -0.05) is 24.0 Å². The molecule has 0 radical (unpaired) electrons. The molecule has 2 rings (SSSR count). The largest absolute Gasteiger partial charge is 0.497 e. The van der Waals surface area contributed by atoms with Crippen LogP contribution in [0.1, 0.15) is 5.56 Å². The smallest absolute Gasteiger partial charge is 0.241 e. The van der Waals surface area contributed by atoms with E-state index in [0.717, 1.165) is 11.3 Å². The molecule has 0 aromatic heterocycles. The highest BCUT2D eigenvalue weighted by atomic mass is 32.2. The lowest BCUT2D eigenvalue weighted by atomic mass is 10.1. The van der Waals surface area contributed by atoms with Crippen LogP contribution in [-0.2, 0) is 10.0 Å². The number of nitrogens with one attached hydrogen (secondary N) is 1. The van der Waals surface area contributed by atoms with Crippen molar-refractivity contribution in [3.63, 3.8) is 0 Å². The van der Waals surface area contributed by atoms with E-state index in [9.17, 15) is 8.42 Å². The lowest BCUT2D eigenvalue weighted by Crippen LogP contribution is -2.24. The predicted molar refractivity (Wildman–Crippen MR) is 95.8 cm³/mol. The van der Waals surface area contributed by atoms with Crippen LogP contribution < -0.4 is 14.4 Å². The first-order chi connectivity index (χ1) is 11.4. The monoisotopic (exact) mass is 344 g/mol. The van der Waals surface area contributed by atoms with Gasteiger partial charge in [0, 0.05) is 19.7 Å². The number of methoxy groups -OCH3 is 1. The summed E-state index contributed by atoms with van der Waals surface area (Å²) in [6.07, 6.45) is 0. The zero-order chi connectivity index (χ0) is 17.6. The van der Waals surface area contributed by atoms with Gasteiger partial charge in [-0.2, -0.15) is 4.72 Å². The number of para-hydroxylation sites is 1. The molecular weight excluding hydrogens is 324 g/mol. The number of ether oxygens (including phenoxy) is 1.